The molecule has 1 aromatic heterocycles. The number of hydrogen-bond acceptors (Lipinski definition) is 2. The molecule has 3 nitrogen and oxygen atoms in total. The average molecular weight is 328 g/mol. The van der Waals surface area contributed by atoms with Gasteiger partial charge < -0.3 is 4.57 Å². The SMILES string of the molecule is CC(c1ccc(Cl)cc1F)c1cccc2c1nc1n2CCN=C1. The summed E-state index contributed by atoms with van der Waals surface area (Å²) in [6, 6.07) is 10.9. The van der Waals surface area contributed by atoms with E-state index in [4.69, 9.17) is 16.6 Å². The van der Waals surface area contributed by atoms with Crippen LogP contribution in [0.1, 0.15) is 29.8 Å². The molecule has 0 bridgehead atoms. The van der Waals surface area contributed by atoms with Crippen molar-refractivity contribution in [2.45, 2.75) is 19.4 Å². The van der Waals surface area contributed by atoms with Crippen LogP contribution in [-0.2, 0) is 6.54 Å². The molecule has 2 heterocycles. The van der Waals surface area contributed by atoms with Crippen LogP contribution in [0, 0.1) is 5.82 Å². The van der Waals surface area contributed by atoms with Crippen LogP contribution in [0.25, 0.3) is 11.0 Å². The van der Waals surface area contributed by atoms with Crippen LogP contribution in [0.4, 0.5) is 4.39 Å². The van der Waals surface area contributed by atoms with Crippen LogP contribution in [0.15, 0.2) is 41.4 Å². The Hall–Kier alpha value is -2.20. The smallest absolute Gasteiger partial charge is 0.151 e. The maximum Gasteiger partial charge on any atom is 0.151 e. The van der Waals surface area contributed by atoms with E-state index in [1.54, 1.807) is 18.3 Å². The highest BCUT2D eigenvalue weighted by Crippen LogP contribution is 2.32. The lowest BCUT2D eigenvalue weighted by Crippen LogP contribution is -2.10. The second-order valence-corrected chi connectivity index (χ2v) is 6.20. The van der Waals surface area contributed by atoms with Gasteiger partial charge in [0.25, 0.3) is 0 Å². The van der Waals surface area contributed by atoms with Gasteiger partial charge in [-0.05, 0) is 29.3 Å². The molecule has 23 heavy (non-hydrogen) atoms. The first-order valence-electron chi connectivity index (χ1n) is 7.59. The first-order valence-corrected chi connectivity index (χ1v) is 7.97. The summed E-state index contributed by atoms with van der Waals surface area (Å²) in [5.41, 5.74) is 3.63. The van der Waals surface area contributed by atoms with Crippen molar-refractivity contribution < 1.29 is 4.39 Å². The largest absolute Gasteiger partial charge is 0.321 e. The lowest BCUT2D eigenvalue weighted by atomic mass is 9.92. The molecular formula is C18H15ClFN3. The summed E-state index contributed by atoms with van der Waals surface area (Å²) in [6.07, 6.45) is 1.81. The summed E-state index contributed by atoms with van der Waals surface area (Å²) < 4.78 is 16.4. The van der Waals surface area contributed by atoms with Crippen molar-refractivity contribution in [3.8, 4) is 0 Å². The molecule has 0 amide bonds. The summed E-state index contributed by atoms with van der Waals surface area (Å²) in [4.78, 5) is 9.00. The number of hydrogen-bond donors (Lipinski definition) is 0. The van der Waals surface area contributed by atoms with Gasteiger partial charge in [0.15, 0.2) is 5.82 Å². The summed E-state index contributed by atoms with van der Waals surface area (Å²) in [5.74, 6) is 0.472. The first kappa shape index (κ1) is 14.4. The monoisotopic (exact) mass is 327 g/mol. The highest BCUT2D eigenvalue weighted by Gasteiger charge is 2.20. The van der Waals surface area contributed by atoms with E-state index in [0.717, 1.165) is 35.5 Å². The van der Waals surface area contributed by atoms with Gasteiger partial charge in [0.1, 0.15) is 5.82 Å². The summed E-state index contributed by atoms with van der Waals surface area (Å²) >= 11 is 5.86. The molecule has 0 N–H and O–H groups in total. The highest BCUT2D eigenvalue weighted by atomic mass is 35.5. The Balaban J connectivity index is 1.88. The normalized spacial score (nSPS) is 14.9. The molecule has 4 rings (SSSR count). The Bertz CT molecular complexity index is 929. The minimum absolute atomic E-state index is 0.107. The van der Waals surface area contributed by atoms with Gasteiger partial charge >= 0.3 is 0 Å². The molecule has 0 spiro atoms. The third kappa shape index (κ3) is 2.34. The first-order chi connectivity index (χ1) is 11.1. The summed E-state index contributed by atoms with van der Waals surface area (Å²) in [6.45, 7) is 3.59. The third-order valence-electron chi connectivity index (χ3n) is 4.39. The molecule has 1 aliphatic heterocycles. The van der Waals surface area contributed by atoms with Crippen LogP contribution in [0.2, 0.25) is 5.02 Å². The van der Waals surface area contributed by atoms with E-state index >= 15 is 0 Å². The van der Waals surface area contributed by atoms with Crippen molar-refractivity contribution in [3.63, 3.8) is 0 Å². The highest BCUT2D eigenvalue weighted by molar-refractivity contribution is 6.30. The second-order valence-electron chi connectivity index (χ2n) is 5.76. The number of halogens is 2. The second kappa shape index (κ2) is 5.46. The molecule has 0 saturated heterocycles. The molecule has 1 aliphatic rings. The number of aliphatic imine (C=N–C) groups is 1. The number of rotatable bonds is 2. The van der Waals surface area contributed by atoms with Gasteiger partial charge in [-0.2, -0.15) is 0 Å². The van der Waals surface area contributed by atoms with Gasteiger partial charge in [-0.1, -0.05) is 36.7 Å². The van der Waals surface area contributed by atoms with E-state index in [1.807, 2.05) is 19.1 Å². The zero-order valence-electron chi connectivity index (χ0n) is 12.6. The minimum Gasteiger partial charge on any atom is -0.321 e. The van der Waals surface area contributed by atoms with Crippen LogP contribution in [-0.4, -0.2) is 22.3 Å². The van der Waals surface area contributed by atoms with Gasteiger partial charge in [0.05, 0.1) is 23.8 Å². The van der Waals surface area contributed by atoms with Gasteiger partial charge in [-0.25, -0.2) is 9.37 Å². The van der Waals surface area contributed by atoms with Crippen molar-refractivity contribution in [2.75, 3.05) is 6.54 Å². The van der Waals surface area contributed by atoms with E-state index in [1.165, 1.54) is 6.07 Å². The van der Waals surface area contributed by atoms with E-state index in [9.17, 15) is 4.39 Å². The van der Waals surface area contributed by atoms with Gasteiger partial charge in [0, 0.05) is 17.5 Å². The van der Waals surface area contributed by atoms with Gasteiger partial charge in [0.2, 0.25) is 0 Å². The average Bonchev–Trinajstić information content (AvgIpc) is 2.93. The summed E-state index contributed by atoms with van der Waals surface area (Å²) in [5, 5.41) is 0.408. The molecule has 0 aliphatic carbocycles. The molecular weight excluding hydrogens is 313 g/mol. The van der Waals surface area contributed by atoms with E-state index in [-0.39, 0.29) is 11.7 Å². The number of aromatic nitrogens is 2. The quantitative estimate of drug-likeness (QED) is 0.685. The van der Waals surface area contributed by atoms with Crippen LogP contribution < -0.4 is 0 Å². The zero-order chi connectivity index (χ0) is 16.0. The van der Waals surface area contributed by atoms with Crippen LogP contribution in [0.3, 0.4) is 0 Å². The van der Waals surface area contributed by atoms with Crippen LogP contribution in [0.5, 0.6) is 0 Å². The molecule has 0 fully saturated rings. The minimum atomic E-state index is -0.285. The van der Waals surface area contributed by atoms with Crippen molar-refractivity contribution in [3.05, 3.63) is 64.2 Å². The van der Waals surface area contributed by atoms with Crippen molar-refractivity contribution in [1.29, 1.82) is 0 Å². The molecule has 116 valence electrons. The Morgan fingerprint density at radius 1 is 1.22 bits per heavy atom. The molecule has 3 aromatic rings. The standard InChI is InChI=1S/C18H15ClFN3/c1-11(13-6-5-12(19)9-15(13)20)14-3-2-4-16-18(14)22-17-10-21-7-8-23(16)17/h2-6,9-11H,7-8H2,1H3. The topological polar surface area (TPSA) is 30.2 Å². The maximum atomic E-state index is 14.3. The van der Waals surface area contributed by atoms with Crippen molar-refractivity contribution >= 4 is 28.8 Å². The lowest BCUT2D eigenvalue weighted by Gasteiger charge is -2.14. The molecule has 1 unspecified atom stereocenters. The maximum absolute atomic E-state index is 14.3. The Morgan fingerprint density at radius 3 is 2.91 bits per heavy atom. The predicted molar refractivity (Wildman–Crippen MR) is 91.1 cm³/mol. The predicted octanol–water partition coefficient (Wildman–Crippen LogP) is 4.41. The molecule has 0 saturated carbocycles. The van der Waals surface area contributed by atoms with Crippen molar-refractivity contribution in [2.24, 2.45) is 4.99 Å². The fraction of sp³-hybridized carbons (Fsp3) is 0.222. The Kier molecular flexibility index (Phi) is 3.42. The van der Waals surface area contributed by atoms with Gasteiger partial charge in [-0.15, -0.1) is 0 Å². The Labute approximate surface area is 138 Å². The Morgan fingerprint density at radius 2 is 2.09 bits per heavy atom. The molecule has 2 aromatic carbocycles. The number of fused-ring (bicyclic) bond motifs is 3. The summed E-state index contributed by atoms with van der Waals surface area (Å²) in [7, 11) is 0. The number of nitrogens with zero attached hydrogens (tertiary/aromatic N) is 3. The third-order valence-corrected chi connectivity index (χ3v) is 4.63. The fourth-order valence-corrected chi connectivity index (χ4v) is 3.35. The zero-order valence-corrected chi connectivity index (χ0v) is 13.4. The molecule has 0 radical (unpaired) electrons. The molecule has 1 atom stereocenters. The van der Waals surface area contributed by atoms with Crippen LogP contribution >= 0.6 is 11.6 Å². The number of imidazole rings is 1. The lowest BCUT2D eigenvalue weighted by molar-refractivity contribution is 0.603. The van der Waals surface area contributed by atoms with Crippen molar-refractivity contribution in [1.82, 2.24) is 9.55 Å². The van der Waals surface area contributed by atoms with E-state index in [2.05, 4.69) is 15.6 Å². The number of para-hydroxylation sites is 1. The van der Waals surface area contributed by atoms with E-state index in [0.29, 0.717) is 10.6 Å². The van der Waals surface area contributed by atoms with Gasteiger partial charge in [-0.3, -0.25) is 4.99 Å². The van der Waals surface area contributed by atoms with E-state index < -0.39 is 0 Å². The fourth-order valence-electron chi connectivity index (χ4n) is 3.19. The number of benzene rings is 2. The molecule has 5 heteroatoms.